The number of carbonyl (C=O) groups is 2. The van der Waals surface area contributed by atoms with Gasteiger partial charge in [0, 0.05) is 37.1 Å². The normalized spacial score (nSPS) is 10.9. The highest BCUT2D eigenvalue weighted by Gasteiger charge is 2.19. The summed E-state index contributed by atoms with van der Waals surface area (Å²) in [4.78, 5) is 24.3. The molecule has 0 saturated heterocycles. The lowest BCUT2D eigenvalue weighted by molar-refractivity contribution is 0.0513. The zero-order valence-corrected chi connectivity index (χ0v) is 16.3. The quantitative estimate of drug-likeness (QED) is 0.619. The van der Waals surface area contributed by atoms with E-state index in [1.54, 1.807) is 31.0 Å². The summed E-state index contributed by atoms with van der Waals surface area (Å²) in [5, 5.41) is 15.4. The summed E-state index contributed by atoms with van der Waals surface area (Å²) in [6.45, 7) is 7.38. The van der Waals surface area contributed by atoms with E-state index in [2.05, 4.69) is 20.6 Å². The Morgan fingerprint density at radius 1 is 1.21 bits per heavy atom. The lowest BCUT2D eigenvalue weighted by atomic mass is 10.2. The molecule has 0 atom stereocenters. The van der Waals surface area contributed by atoms with Crippen molar-refractivity contribution in [2.75, 3.05) is 11.9 Å². The lowest BCUT2D eigenvalue weighted by Crippen LogP contribution is -2.12. The van der Waals surface area contributed by atoms with Crippen LogP contribution in [0.25, 0.3) is 0 Å². The molecule has 0 aliphatic carbocycles. The van der Waals surface area contributed by atoms with Crippen LogP contribution in [0.15, 0.2) is 24.7 Å². The molecule has 0 saturated carbocycles. The molecule has 0 aliphatic rings. The standard InChI is InChI=1S/C18H23N7O3/c1-5-25-12(3)13(8-20-25)10-24-11-14(9-19-24)21-17(26)15-7-16(23(4)22-15)18(27)28-6-2/h7-9,11H,5-6,10H2,1-4H3,(H,21,26). The molecule has 28 heavy (non-hydrogen) atoms. The van der Waals surface area contributed by atoms with Crippen LogP contribution in [0.1, 0.15) is 46.1 Å². The number of aryl methyl sites for hydroxylation is 2. The van der Waals surface area contributed by atoms with Crippen LogP contribution >= 0.6 is 0 Å². The first-order valence-corrected chi connectivity index (χ1v) is 8.99. The highest BCUT2D eigenvalue weighted by Crippen LogP contribution is 2.13. The number of hydrogen-bond acceptors (Lipinski definition) is 6. The fourth-order valence-electron chi connectivity index (χ4n) is 2.82. The molecule has 0 radical (unpaired) electrons. The molecule has 148 valence electrons. The van der Waals surface area contributed by atoms with Crippen LogP contribution in [0.2, 0.25) is 0 Å². The molecule has 0 spiro atoms. The van der Waals surface area contributed by atoms with E-state index in [9.17, 15) is 9.59 Å². The molecule has 0 aromatic carbocycles. The van der Waals surface area contributed by atoms with Crippen molar-refractivity contribution >= 4 is 17.6 Å². The van der Waals surface area contributed by atoms with Crippen molar-refractivity contribution in [3.63, 3.8) is 0 Å². The molecule has 0 unspecified atom stereocenters. The Labute approximate surface area is 162 Å². The average Bonchev–Trinajstić information content (AvgIpc) is 3.36. The number of anilines is 1. The summed E-state index contributed by atoms with van der Waals surface area (Å²) in [6, 6.07) is 1.40. The van der Waals surface area contributed by atoms with Gasteiger partial charge in [-0.15, -0.1) is 0 Å². The highest BCUT2D eigenvalue weighted by molar-refractivity contribution is 6.04. The Bertz CT molecular complexity index is 999. The average molecular weight is 385 g/mol. The van der Waals surface area contributed by atoms with Crippen LogP contribution < -0.4 is 5.32 Å². The van der Waals surface area contributed by atoms with Gasteiger partial charge in [0.2, 0.25) is 0 Å². The van der Waals surface area contributed by atoms with E-state index >= 15 is 0 Å². The highest BCUT2D eigenvalue weighted by atomic mass is 16.5. The monoisotopic (exact) mass is 385 g/mol. The summed E-state index contributed by atoms with van der Waals surface area (Å²) in [5.41, 5.74) is 3.02. The molecule has 10 heteroatoms. The SMILES string of the molecule is CCOC(=O)c1cc(C(=O)Nc2cnn(Cc3cnn(CC)c3C)c2)nn1C. The van der Waals surface area contributed by atoms with Gasteiger partial charge in [0.15, 0.2) is 5.69 Å². The van der Waals surface area contributed by atoms with Crippen molar-refractivity contribution in [3.05, 3.63) is 47.3 Å². The first kappa shape index (κ1) is 19.3. The lowest BCUT2D eigenvalue weighted by Gasteiger charge is -2.03. The minimum absolute atomic E-state index is 0.123. The van der Waals surface area contributed by atoms with Crippen molar-refractivity contribution in [1.82, 2.24) is 29.3 Å². The van der Waals surface area contributed by atoms with Gasteiger partial charge in [-0.1, -0.05) is 0 Å². The first-order valence-electron chi connectivity index (χ1n) is 8.99. The minimum Gasteiger partial charge on any atom is -0.461 e. The van der Waals surface area contributed by atoms with Crippen molar-refractivity contribution in [2.24, 2.45) is 7.05 Å². The summed E-state index contributed by atoms with van der Waals surface area (Å²) in [7, 11) is 1.58. The third-order valence-corrected chi connectivity index (χ3v) is 4.32. The van der Waals surface area contributed by atoms with Crippen LogP contribution in [0.3, 0.4) is 0 Å². The molecular formula is C18H23N7O3. The molecule has 0 bridgehead atoms. The third-order valence-electron chi connectivity index (χ3n) is 4.32. The van der Waals surface area contributed by atoms with Crippen LogP contribution in [0.4, 0.5) is 5.69 Å². The largest absolute Gasteiger partial charge is 0.461 e. The Balaban J connectivity index is 1.68. The molecule has 3 aromatic rings. The van der Waals surface area contributed by atoms with E-state index in [-0.39, 0.29) is 18.0 Å². The number of aromatic nitrogens is 6. The summed E-state index contributed by atoms with van der Waals surface area (Å²) in [5.74, 6) is -0.951. The molecule has 0 fully saturated rings. The number of esters is 1. The predicted molar refractivity (Wildman–Crippen MR) is 101 cm³/mol. The number of rotatable bonds is 7. The Kier molecular flexibility index (Phi) is 5.57. The Morgan fingerprint density at radius 3 is 2.68 bits per heavy atom. The second-order valence-electron chi connectivity index (χ2n) is 6.21. The summed E-state index contributed by atoms with van der Waals surface area (Å²) < 4.78 is 9.92. The number of nitrogens with zero attached hydrogens (tertiary/aromatic N) is 6. The van der Waals surface area contributed by atoms with E-state index in [0.717, 1.165) is 17.8 Å². The van der Waals surface area contributed by atoms with Crippen LogP contribution in [0.5, 0.6) is 0 Å². The van der Waals surface area contributed by atoms with Crippen LogP contribution in [-0.4, -0.2) is 47.8 Å². The molecule has 3 rings (SSSR count). The number of amides is 1. The fraction of sp³-hybridized carbons (Fsp3) is 0.389. The van der Waals surface area contributed by atoms with Gasteiger partial charge in [0.05, 0.1) is 31.2 Å². The zero-order chi connectivity index (χ0) is 20.3. The molecular weight excluding hydrogens is 362 g/mol. The van der Waals surface area contributed by atoms with Crippen LogP contribution in [0, 0.1) is 6.92 Å². The van der Waals surface area contributed by atoms with Crippen LogP contribution in [-0.2, 0) is 24.9 Å². The second-order valence-corrected chi connectivity index (χ2v) is 6.21. The third kappa shape index (κ3) is 3.95. The van der Waals surface area contributed by atoms with Gasteiger partial charge in [0.25, 0.3) is 5.91 Å². The number of nitrogens with one attached hydrogen (secondary N) is 1. The van der Waals surface area contributed by atoms with Crippen molar-refractivity contribution < 1.29 is 14.3 Å². The second kappa shape index (κ2) is 8.07. The topological polar surface area (TPSA) is 109 Å². The molecule has 1 amide bonds. The number of ether oxygens (including phenoxy) is 1. The molecule has 10 nitrogen and oxygen atoms in total. The van der Waals surface area contributed by atoms with Crippen molar-refractivity contribution in [2.45, 2.75) is 33.9 Å². The van der Waals surface area contributed by atoms with Crippen molar-refractivity contribution in [1.29, 1.82) is 0 Å². The summed E-state index contributed by atoms with van der Waals surface area (Å²) >= 11 is 0. The van der Waals surface area contributed by atoms with Crippen molar-refractivity contribution in [3.8, 4) is 0 Å². The molecule has 0 aliphatic heterocycles. The van der Waals surface area contributed by atoms with Gasteiger partial charge >= 0.3 is 5.97 Å². The van der Waals surface area contributed by atoms with Gasteiger partial charge < -0.3 is 10.1 Å². The van der Waals surface area contributed by atoms with E-state index < -0.39 is 11.9 Å². The molecule has 3 heterocycles. The maximum Gasteiger partial charge on any atom is 0.356 e. The van der Waals surface area contributed by atoms with E-state index in [1.807, 2.05) is 24.7 Å². The van der Waals surface area contributed by atoms with E-state index in [0.29, 0.717) is 12.2 Å². The number of hydrogen-bond donors (Lipinski definition) is 1. The maximum absolute atomic E-state index is 12.4. The smallest absolute Gasteiger partial charge is 0.356 e. The van der Waals surface area contributed by atoms with Gasteiger partial charge in [-0.05, 0) is 20.8 Å². The zero-order valence-electron chi connectivity index (χ0n) is 16.3. The number of carbonyl (C=O) groups excluding carboxylic acids is 2. The Morgan fingerprint density at radius 2 is 2.00 bits per heavy atom. The van der Waals surface area contributed by atoms with E-state index in [4.69, 9.17) is 4.74 Å². The molecule has 3 aromatic heterocycles. The molecule has 1 N–H and O–H groups in total. The maximum atomic E-state index is 12.4. The van der Waals surface area contributed by atoms with Gasteiger partial charge in [-0.2, -0.15) is 15.3 Å². The van der Waals surface area contributed by atoms with Gasteiger partial charge in [-0.3, -0.25) is 18.8 Å². The fourth-order valence-corrected chi connectivity index (χ4v) is 2.82. The van der Waals surface area contributed by atoms with Gasteiger partial charge in [-0.25, -0.2) is 4.79 Å². The first-order chi connectivity index (χ1) is 13.4. The van der Waals surface area contributed by atoms with Gasteiger partial charge in [0.1, 0.15) is 5.69 Å². The predicted octanol–water partition coefficient (Wildman–Crippen LogP) is 1.62. The Hall–Kier alpha value is -3.43. The summed E-state index contributed by atoms with van der Waals surface area (Å²) in [6.07, 6.45) is 5.12. The van der Waals surface area contributed by atoms with E-state index in [1.165, 1.54) is 10.7 Å². The minimum atomic E-state index is -0.521.